The molecule has 3 aromatic rings. The summed E-state index contributed by atoms with van der Waals surface area (Å²) < 4.78 is 1.85. The fraction of sp³-hybridized carbons (Fsp3) is 0.267. The van der Waals surface area contributed by atoms with Gasteiger partial charge in [0.2, 0.25) is 5.82 Å². The molecule has 6 heteroatoms. The number of likely N-dealkylation sites (N-methyl/N-ethyl adjacent to an activating group) is 1. The van der Waals surface area contributed by atoms with Crippen LogP contribution in [-0.4, -0.2) is 46.9 Å². The molecule has 0 spiro atoms. The molecule has 0 unspecified atom stereocenters. The number of aromatic nitrogens is 4. The van der Waals surface area contributed by atoms with E-state index in [1.54, 1.807) is 6.33 Å². The summed E-state index contributed by atoms with van der Waals surface area (Å²) in [5.74, 6) is 0.962. The number of para-hydroxylation sites is 1. The second kappa shape index (κ2) is 5.99. The Morgan fingerprint density at radius 3 is 2.71 bits per heavy atom. The highest BCUT2D eigenvalue weighted by atomic mass is 15.3. The predicted octanol–water partition coefficient (Wildman–Crippen LogP) is -0.845. The van der Waals surface area contributed by atoms with Gasteiger partial charge in [0, 0.05) is 0 Å². The Morgan fingerprint density at radius 2 is 1.95 bits per heavy atom. The molecule has 0 aliphatic rings. The van der Waals surface area contributed by atoms with Crippen LogP contribution in [0.1, 0.15) is 0 Å². The number of nitrogens with zero attached hydrogens (tertiary/aromatic N) is 4. The van der Waals surface area contributed by atoms with Gasteiger partial charge >= 0.3 is 0 Å². The maximum Gasteiger partial charge on any atom is 0.238 e. The highest BCUT2D eigenvalue weighted by molar-refractivity contribution is 5.83. The van der Waals surface area contributed by atoms with Crippen LogP contribution >= 0.6 is 0 Å². The summed E-state index contributed by atoms with van der Waals surface area (Å²) in [4.78, 5) is 10.2. The fourth-order valence-corrected chi connectivity index (χ4v) is 2.28. The van der Waals surface area contributed by atoms with Crippen molar-refractivity contribution in [3.63, 3.8) is 0 Å². The number of hydrogen-bond acceptors (Lipinski definition) is 3. The Bertz CT molecular complexity index is 719. The topological polar surface area (TPSA) is 64.7 Å². The van der Waals surface area contributed by atoms with Crippen molar-refractivity contribution in [1.29, 1.82) is 0 Å². The zero-order chi connectivity index (χ0) is 14.7. The largest absolute Gasteiger partial charge is 0.335 e. The van der Waals surface area contributed by atoms with Crippen molar-refractivity contribution in [3.8, 4) is 5.69 Å². The molecule has 0 aliphatic heterocycles. The maximum absolute atomic E-state index is 4.46. The van der Waals surface area contributed by atoms with E-state index in [0.717, 1.165) is 35.6 Å². The molecule has 0 saturated heterocycles. The highest BCUT2D eigenvalue weighted by Crippen LogP contribution is 2.18. The Morgan fingerprint density at radius 1 is 1.14 bits per heavy atom. The summed E-state index contributed by atoms with van der Waals surface area (Å²) in [7, 11) is 4.30. The maximum atomic E-state index is 4.46. The molecule has 6 nitrogen and oxygen atoms in total. The van der Waals surface area contributed by atoms with Crippen molar-refractivity contribution in [2.24, 2.45) is 0 Å². The fourth-order valence-electron chi connectivity index (χ4n) is 2.28. The first-order chi connectivity index (χ1) is 10.3. The van der Waals surface area contributed by atoms with Gasteiger partial charge in [-0.3, -0.25) is 5.32 Å². The molecule has 1 aromatic carbocycles. The third-order valence-corrected chi connectivity index (χ3v) is 3.38. The Balaban J connectivity index is 1.93. The van der Waals surface area contributed by atoms with Crippen molar-refractivity contribution in [3.05, 3.63) is 42.9 Å². The summed E-state index contributed by atoms with van der Waals surface area (Å²) in [5, 5.41) is 7.61. The standard InChI is InChI=1S/C15H18N6/c1-20(2)9-8-16-14-13-10-19-21(15(13)18-11-17-14)12-6-4-3-5-7-12/h3-7,10-11H,8-9H2,1-2H3,(H,16,17,18)/p+2. The van der Waals surface area contributed by atoms with E-state index < -0.39 is 0 Å². The van der Waals surface area contributed by atoms with Gasteiger partial charge in [-0.1, -0.05) is 18.2 Å². The summed E-state index contributed by atoms with van der Waals surface area (Å²) in [6.45, 7) is 2.07. The third-order valence-electron chi connectivity index (χ3n) is 3.38. The summed E-state index contributed by atoms with van der Waals surface area (Å²) in [6.07, 6.45) is 3.45. The van der Waals surface area contributed by atoms with Gasteiger partial charge in [0.05, 0.1) is 26.0 Å². The number of benzene rings is 1. The van der Waals surface area contributed by atoms with Crippen molar-refractivity contribution >= 4 is 16.9 Å². The third kappa shape index (κ3) is 2.91. The quantitative estimate of drug-likeness (QED) is 0.642. The molecular weight excluding hydrogens is 264 g/mol. The zero-order valence-corrected chi connectivity index (χ0v) is 12.3. The Kier molecular flexibility index (Phi) is 3.89. The van der Waals surface area contributed by atoms with Crippen molar-refractivity contribution in [2.75, 3.05) is 27.2 Å². The molecule has 0 saturated carbocycles. The lowest BCUT2D eigenvalue weighted by atomic mass is 10.3. The van der Waals surface area contributed by atoms with Gasteiger partial charge in [-0.15, -0.1) is 0 Å². The van der Waals surface area contributed by atoms with Gasteiger partial charge < -0.3 is 4.90 Å². The van der Waals surface area contributed by atoms with Crippen LogP contribution in [0.25, 0.3) is 16.7 Å². The highest BCUT2D eigenvalue weighted by Gasteiger charge is 2.13. The number of nitrogens with one attached hydrogen (secondary N) is 1. The van der Waals surface area contributed by atoms with E-state index in [1.165, 1.54) is 4.90 Å². The van der Waals surface area contributed by atoms with Gasteiger partial charge in [-0.25, -0.2) is 9.67 Å². The van der Waals surface area contributed by atoms with Crippen LogP contribution in [0.15, 0.2) is 42.9 Å². The van der Waals surface area contributed by atoms with Crippen molar-refractivity contribution < 1.29 is 10.2 Å². The van der Waals surface area contributed by atoms with Crippen LogP contribution in [0.4, 0.5) is 5.82 Å². The second-order valence-corrected chi connectivity index (χ2v) is 5.34. The molecule has 0 amide bonds. The van der Waals surface area contributed by atoms with E-state index in [2.05, 4.69) is 34.5 Å². The minimum Gasteiger partial charge on any atom is -0.335 e. The van der Waals surface area contributed by atoms with Gasteiger partial charge in [-0.2, -0.15) is 10.1 Å². The lowest BCUT2D eigenvalue weighted by Crippen LogP contribution is -3.08. The van der Waals surface area contributed by atoms with E-state index in [1.807, 2.05) is 41.2 Å². The molecule has 0 aliphatic carbocycles. The van der Waals surface area contributed by atoms with Gasteiger partial charge in [-0.05, 0) is 12.1 Å². The number of hydrogen-bond donors (Lipinski definition) is 2. The van der Waals surface area contributed by atoms with Crippen LogP contribution in [0.3, 0.4) is 0 Å². The number of fused-ring (bicyclic) bond motifs is 1. The van der Waals surface area contributed by atoms with Crippen LogP contribution in [0, 0.1) is 0 Å². The SMILES string of the molecule is C[NH+](C)CC[NH2+]c1ncnc2c1cnn2-c1ccccc1. The number of nitrogens with two attached hydrogens (primary N) is 1. The van der Waals surface area contributed by atoms with Crippen LogP contribution in [0.2, 0.25) is 0 Å². The van der Waals surface area contributed by atoms with Crippen LogP contribution in [0.5, 0.6) is 0 Å². The smallest absolute Gasteiger partial charge is 0.238 e. The molecule has 2 aromatic heterocycles. The van der Waals surface area contributed by atoms with Crippen molar-refractivity contribution in [1.82, 2.24) is 19.7 Å². The van der Waals surface area contributed by atoms with Crippen LogP contribution < -0.4 is 10.2 Å². The Labute approximate surface area is 123 Å². The van der Waals surface area contributed by atoms with E-state index in [-0.39, 0.29) is 0 Å². The zero-order valence-electron chi connectivity index (χ0n) is 12.3. The van der Waals surface area contributed by atoms with E-state index in [9.17, 15) is 0 Å². The molecule has 108 valence electrons. The average Bonchev–Trinajstić information content (AvgIpc) is 2.92. The minimum absolute atomic E-state index is 0.847. The molecule has 0 fully saturated rings. The molecular formula is C15H20N6+2. The second-order valence-electron chi connectivity index (χ2n) is 5.34. The molecule has 0 radical (unpaired) electrons. The normalized spacial score (nSPS) is 11.4. The Hall–Kier alpha value is -2.31. The monoisotopic (exact) mass is 284 g/mol. The number of rotatable bonds is 5. The first kappa shape index (κ1) is 13.7. The molecule has 2 heterocycles. The molecule has 3 N–H and O–H groups in total. The summed E-state index contributed by atoms with van der Waals surface area (Å²) in [5.41, 5.74) is 1.86. The van der Waals surface area contributed by atoms with E-state index in [0.29, 0.717) is 0 Å². The van der Waals surface area contributed by atoms with E-state index in [4.69, 9.17) is 0 Å². The predicted molar refractivity (Wildman–Crippen MR) is 80.8 cm³/mol. The first-order valence-corrected chi connectivity index (χ1v) is 7.12. The molecule has 0 atom stereocenters. The molecule has 3 rings (SSSR count). The van der Waals surface area contributed by atoms with Crippen molar-refractivity contribution in [2.45, 2.75) is 0 Å². The van der Waals surface area contributed by atoms with Gasteiger partial charge in [0.15, 0.2) is 5.65 Å². The lowest BCUT2D eigenvalue weighted by Gasteiger charge is -2.06. The van der Waals surface area contributed by atoms with Gasteiger partial charge in [0.1, 0.15) is 24.8 Å². The lowest BCUT2D eigenvalue weighted by molar-refractivity contribution is -0.870. The first-order valence-electron chi connectivity index (χ1n) is 7.12. The van der Waals surface area contributed by atoms with Gasteiger partial charge in [0.25, 0.3) is 0 Å². The summed E-state index contributed by atoms with van der Waals surface area (Å²) in [6, 6.07) is 10.0. The average molecular weight is 284 g/mol. The van der Waals surface area contributed by atoms with E-state index >= 15 is 0 Å². The molecule has 21 heavy (non-hydrogen) atoms. The summed E-state index contributed by atoms with van der Waals surface area (Å²) >= 11 is 0. The number of quaternary nitrogens is 2. The van der Waals surface area contributed by atoms with Crippen LogP contribution in [-0.2, 0) is 0 Å². The minimum atomic E-state index is 0.847. The molecule has 0 bridgehead atoms.